The molecule has 2 aromatic carbocycles. The van der Waals surface area contributed by atoms with Gasteiger partial charge in [-0.3, -0.25) is 19.7 Å². The Morgan fingerprint density at radius 1 is 1.16 bits per heavy atom. The van der Waals surface area contributed by atoms with Crippen molar-refractivity contribution < 1.29 is 19.2 Å². The monoisotopic (exact) mass is 359 g/mol. The Labute approximate surface area is 148 Å². The maximum Gasteiger partial charge on any atom is 0.314 e. The van der Waals surface area contributed by atoms with Crippen LogP contribution in [0.25, 0.3) is 6.08 Å². The van der Waals surface area contributed by atoms with E-state index in [0.29, 0.717) is 10.6 Å². The molecular weight excluding hydrogens is 346 g/mol. The molecule has 6 nitrogen and oxygen atoms in total. The van der Waals surface area contributed by atoms with E-state index in [1.54, 1.807) is 30.3 Å². The summed E-state index contributed by atoms with van der Waals surface area (Å²) >= 11 is 5.76. The lowest BCUT2D eigenvalue weighted by Crippen LogP contribution is -2.09. The van der Waals surface area contributed by atoms with E-state index in [-0.39, 0.29) is 12.3 Å². The molecular formula is C18H14ClNO5. The Balaban J connectivity index is 1.84. The van der Waals surface area contributed by atoms with Gasteiger partial charge in [0, 0.05) is 17.2 Å². The summed E-state index contributed by atoms with van der Waals surface area (Å²) in [5.41, 5.74) is 1.19. The van der Waals surface area contributed by atoms with Gasteiger partial charge >= 0.3 is 5.97 Å². The summed E-state index contributed by atoms with van der Waals surface area (Å²) < 4.78 is 5.02. The summed E-state index contributed by atoms with van der Waals surface area (Å²) in [6.45, 7) is 0.0534. The summed E-state index contributed by atoms with van der Waals surface area (Å²) in [6, 6.07) is 12.6. The van der Waals surface area contributed by atoms with Crippen LogP contribution in [0.3, 0.4) is 0 Å². The zero-order valence-electron chi connectivity index (χ0n) is 13.1. The molecule has 2 aromatic rings. The van der Waals surface area contributed by atoms with E-state index in [4.69, 9.17) is 16.3 Å². The summed E-state index contributed by atoms with van der Waals surface area (Å²) in [5.74, 6) is -1.10. The van der Waals surface area contributed by atoms with Crippen molar-refractivity contribution in [3.63, 3.8) is 0 Å². The molecule has 0 aromatic heterocycles. The van der Waals surface area contributed by atoms with Crippen molar-refractivity contribution in [2.75, 3.05) is 0 Å². The lowest BCUT2D eigenvalue weighted by molar-refractivity contribution is -0.384. The Morgan fingerprint density at radius 3 is 2.56 bits per heavy atom. The Morgan fingerprint density at radius 2 is 1.88 bits per heavy atom. The molecule has 128 valence electrons. The molecule has 0 spiro atoms. The number of halogens is 1. The van der Waals surface area contributed by atoms with Gasteiger partial charge in [-0.15, -0.1) is 0 Å². The molecule has 0 radical (unpaired) electrons. The second kappa shape index (κ2) is 8.75. The van der Waals surface area contributed by atoms with E-state index in [2.05, 4.69) is 0 Å². The molecule has 0 aliphatic rings. The second-order valence-electron chi connectivity index (χ2n) is 5.12. The van der Waals surface area contributed by atoms with Crippen LogP contribution in [0, 0.1) is 10.1 Å². The first-order valence-electron chi connectivity index (χ1n) is 7.29. The third-order valence-electron chi connectivity index (χ3n) is 3.17. The number of allylic oxidation sites excluding steroid dienone is 1. The number of nitro groups is 1. The van der Waals surface area contributed by atoms with Crippen LogP contribution in [0.15, 0.2) is 54.6 Å². The smallest absolute Gasteiger partial charge is 0.314 e. The number of carbonyl (C=O) groups is 2. The average molecular weight is 360 g/mol. The number of non-ortho nitro benzene ring substituents is 1. The molecule has 0 bridgehead atoms. The highest BCUT2D eigenvalue weighted by molar-refractivity contribution is 6.30. The number of nitrogens with zero attached hydrogens (tertiary/aromatic N) is 1. The van der Waals surface area contributed by atoms with Crippen LogP contribution in [0.5, 0.6) is 0 Å². The third-order valence-corrected chi connectivity index (χ3v) is 3.43. The molecule has 0 amide bonds. The van der Waals surface area contributed by atoms with E-state index < -0.39 is 23.1 Å². The van der Waals surface area contributed by atoms with Gasteiger partial charge in [0.2, 0.25) is 0 Å². The van der Waals surface area contributed by atoms with Gasteiger partial charge in [0.15, 0.2) is 5.78 Å². The van der Waals surface area contributed by atoms with Crippen molar-refractivity contribution in [2.24, 2.45) is 0 Å². The number of hydrogen-bond acceptors (Lipinski definition) is 5. The highest BCUT2D eigenvalue weighted by Gasteiger charge is 2.09. The third kappa shape index (κ3) is 6.19. The first kappa shape index (κ1) is 18.4. The van der Waals surface area contributed by atoms with Gasteiger partial charge in [-0.1, -0.05) is 41.9 Å². The van der Waals surface area contributed by atoms with Crippen molar-refractivity contribution in [2.45, 2.75) is 13.0 Å². The predicted molar refractivity (Wildman–Crippen MR) is 93.0 cm³/mol. The molecule has 0 N–H and O–H groups in total. The zero-order chi connectivity index (χ0) is 18.2. The molecule has 25 heavy (non-hydrogen) atoms. The number of esters is 1. The van der Waals surface area contributed by atoms with E-state index in [1.807, 2.05) is 0 Å². The fraction of sp³-hybridized carbons (Fsp3) is 0.111. The summed E-state index contributed by atoms with van der Waals surface area (Å²) in [4.78, 5) is 33.6. The molecule has 0 atom stereocenters. The maximum absolute atomic E-state index is 11.8. The summed E-state index contributed by atoms with van der Waals surface area (Å²) in [7, 11) is 0. The van der Waals surface area contributed by atoms with Gasteiger partial charge in [-0.05, 0) is 29.3 Å². The summed E-state index contributed by atoms with van der Waals surface area (Å²) in [5, 5.41) is 11.3. The van der Waals surface area contributed by atoms with Crippen molar-refractivity contribution >= 4 is 35.1 Å². The number of rotatable bonds is 7. The predicted octanol–water partition coefficient (Wildman–Crippen LogP) is 3.96. The molecule has 0 heterocycles. The number of hydrogen-bond donors (Lipinski definition) is 0. The topological polar surface area (TPSA) is 86.5 Å². The van der Waals surface area contributed by atoms with Gasteiger partial charge in [-0.25, -0.2) is 0 Å². The summed E-state index contributed by atoms with van der Waals surface area (Å²) in [6.07, 6.45) is 2.21. The zero-order valence-corrected chi connectivity index (χ0v) is 13.8. The van der Waals surface area contributed by atoms with Gasteiger partial charge in [-0.2, -0.15) is 0 Å². The molecule has 0 saturated heterocycles. The number of ketones is 1. The van der Waals surface area contributed by atoms with Crippen LogP contribution in [0.2, 0.25) is 5.02 Å². The number of nitro benzene ring substituents is 1. The molecule has 2 rings (SSSR count). The van der Waals surface area contributed by atoms with Crippen LogP contribution in [-0.2, 0) is 20.9 Å². The first-order valence-corrected chi connectivity index (χ1v) is 7.67. The van der Waals surface area contributed by atoms with Crippen LogP contribution in [-0.4, -0.2) is 16.7 Å². The van der Waals surface area contributed by atoms with Crippen LogP contribution < -0.4 is 0 Å². The van der Waals surface area contributed by atoms with E-state index in [9.17, 15) is 19.7 Å². The van der Waals surface area contributed by atoms with Gasteiger partial charge in [0.1, 0.15) is 13.0 Å². The van der Waals surface area contributed by atoms with Crippen molar-refractivity contribution in [3.05, 3.63) is 80.9 Å². The molecule has 0 saturated carbocycles. The highest BCUT2D eigenvalue weighted by atomic mass is 35.5. The van der Waals surface area contributed by atoms with Crippen molar-refractivity contribution in [1.82, 2.24) is 0 Å². The van der Waals surface area contributed by atoms with Gasteiger partial charge < -0.3 is 4.74 Å². The standard InChI is InChI=1S/C18H14ClNO5/c19-15-7-4-14(5-8-15)12-25-18(22)11-17(21)9-6-13-2-1-3-16(10-13)20(23)24/h1-10H,11-12H2. The minimum absolute atomic E-state index is 0.0534. The van der Waals surface area contributed by atoms with E-state index in [0.717, 1.165) is 5.56 Å². The normalized spacial score (nSPS) is 10.6. The Bertz CT molecular complexity index is 814. The number of benzene rings is 2. The number of carbonyl (C=O) groups excluding carboxylic acids is 2. The minimum Gasteiger partial charge on any atom is -0.460 e. The fourth-order valence-electron chi connectivity index (χ4n) is 1.93. The largest absolute Gasteiger partial charge is 0.460 e. The van der Waals surface area contributed by atoms with Crippen molar-refractivity contribution in [3.8, 4) is 0 Å². The Hall–Kier alpha value is -2.99. The Kier molecular flexibility index (Phi) is 6.42. The first-order chi connectivity index (χ1) is 11.9. The molecule has 0 aliphatic carbocycles. The van der Waals surface area contributed by atoms with Crippen LogP contribution in [0.1, 0.15) is 17.5 Å². The lowest BCUT2D eigenvalue weighted by atomic mass is 10.1. The highest BCUT2D eigenvalue weighted by Crippen LogP contribution is 2.14. The van der Waals surface area contributed by atoms with Crippen LogP contribution >= 0.6 is 11.6 Å². The van der Waals surface area contributed by atoms with Gasteiger partial charge in [0.25, 0.3) is 5.69 Å². The minimum atomic E-state index is -0.649. The fourth-order valence-corrected chi connectivity index (χ4v) is 2.05. The van der Waals surface area contributed by atoms with E-state index in [1.165, 1.54) is 30.4 Å². The number of ether oxygens (including phenoxy) is 1. The maximum atomic E-state index is 11.8. The molecule has 0 aliphatic heterocycles. The average Bonchev–Trinajstić information content (AvgIpc) is 2.60. The van der Waals surface area contributed by atoms with Crippen LogP contribution in [0.4, 0.5) is 5.69 Å². The van der Waals surface area contributed by atoms with Gasteiger partial charge in [0.05, 0.1) is 4.92 Å². The molecule has 0 unspecified atom stereocenters. The van der Waals surface area contributed by atoms with Crippen molar-refractivity contribution in [1.29, 1.82) is 0 Å². The second-order valence-corrected chi connectivity index (χ2v) is 5.55. The quantitative estimate of drug-likeness (QED) is 0.245. The van der Waals surface area contributed by atoms with E-state index >= 15 is 0 Å². The molecule has 7 heteroatoms. The lowest BCUT2D eigenvalue weighted by Gasteiger charge is -2.03. The SMILES string of the molecule is O=C(C=Cc1cccc([N+](=O)[O-])c1)CC(=O)OCc1ccc(Cl)cc1. The molecule has 0 fully saturated rings.